The molecule has 0 amide bonds. The summed E-state index contributed by atoms with van der Waals surface area (Å²) in [4.78, 5) is 11.7. The summed E-state index contributed by atoms with van der Waals surface area (Å²) in [6, 6.07) is 0. The second-order valence-corrected chi connectivity index (χ2v) is 10.7. The van der Waals surface area contributed by atoms with Gasteiger partial charge >= 0.3 is 0 Å². The molecular formula is C31H62O2. The fourth-order valence-corrected chi connectivity index (χ4v) is 4.83. The first kappa shape index (κ1) is 32.6. The van der Waals surface area contributed by atoms with E-state index >= 15 is 0 Å². The lowest BCUT2D eigenvalue weighted by Gasteiger charge is -2.10. The molecule has 0 aromatic carbocycles. The first-order chi connectivity index (χ1) is 16.2. The molecule has 0 saturated carbocycles. The zero-order chi connectivity index (χ0) is 24.2. The molecule has 1 N–H and O–H groups in total. The highest BCUT2D eigenvalue weighted by molar-refractivity contribution is 5.78. The van der Waals surface area contributed by atoms with Gasteiger partial charge in [-0.1, -0.05) is 149 Å². The number of Topliss-reactive ketones (excluding diaryl/α,β-unsaturated/α-hetero) is 1. The number of hydrogen-bond acceptors (Lipinski definition) is 2. The first-order valence-corrected chi connectivity index (χ1v) is 15.4. The maximum absolute atomic E-state index is 11.7. The van der Waals surface area contributed by atoms with Gasteiger partial charge in [0.1, 0.15) is 5.78 Å². The first-order valence-electron chi connectivity index (χ1n) is 15.4. The van der Waals surface area contributed by atoms with E-state index in [-0.39, 0.29) is 6.10 Å². The van der Waals surface area contributed by atoms with Crippen LogP contribution in [0.25, 0.3) is 0 Å². The molecule has 0 radical (unpaired) electrons. The van der Waals surface area contributed by atoms with Crippen molar-refractivity contribution in [2.75, 3.05) is 0 Å². The van der Waals surface area contributed by atoms with Crippen LogP contribution in [0.5, 0.6) is 0 Å². The Morgan fingerprint density at radius 2 is 0.727 bits per heavy atom. The third-order valence-electron chi connectivity index (χ3n) is 7.19. The summed E-state index contributed by atoms with van der Waals surface area (Å²) in [6.07, 6.45) is 33.8. The van der Waals surface area contributed by atoms with Crippen molar-refractivity contribution in [2.24, 2.45) is 0 Å². The van der Waals surface area contributed by atoms with Crippen LogP contribution in [0.15, 0.2) is 0 Å². The fourth-order valence-electron chi connectivity index (χ4n) is 4.83. The van der Waals surface area contributed by atoms with Crippen LogP contribution in [-0.2, 0) is 4.79 Å². The van der Waals surface area contributed by atoms with Gasteiger partial charge in [-0.05, 0) is 25.7 Å². The van der Waals surface area contributed by atoms with Crippen molar-refractivity contribution in [1.29, 1.82) is 0 Å². The van der Waals surface area contributed by atoms with Gasteiger partial charge in [0, 0.05) is 12.8 Å². The molecule has 2 heteroatoms. The summed E-state index contributed by atoms with van der Waals surface area (Å²) >= 11 is 0. The predicted octanol–water partition coefficient (Wildman–Crippen LogP) is 10.5. The monoisotopic (exact) mass is 466 g/mol. The Balaban J connectivity index is 3.15. The van der Waals surface area contributed by atoms with Crippen molar-refractivity contribution in [3.63, 3.8) is 0 Å². The minimum atomic E-state index is -0.0452. The molecule has 33 heavy (non-hydrogen) atoms. The molecule has 0 heterocycles. The Hall–Kier alpha value is -0.370. The second-order valence-electron chi connectivity index (χ2n) is 10.7. The van der Waals surface area contributed by atoms with Crippen LogP contribution < -0.4 is 0 Å². The van der Waals surface area contributed by atoms with E-state index in [0.717, 1.165) is 38.5 Å². The second kappa shape index (κ2) is 27.9. The molecular weight excluding hydrogens is 404 g/mol. The Kier molecular flexibility index (Phi) is 27.6. The third-order valence-corrected chi connectivity index (χ3v) is 7.19. The molecule has 0 aromatic heterocycles. The molecule has 0 saturated heterocycles. The number of hydrogen-bond donors (Lipinski definition) is 1. The molecule has 198 valence electrons. The molecule has 0 aliphatic heterocycles. The molecule has 0 unspecified atom stereocenters. The van der Waals surface area contributed by atoms with Gasteiger partial charge in [-0.3, -0.25) is 4.79 Å². The van der Waals surface area contributed by atoms with Crippen LogP contribution in [0.3, 0.4) is 0 Å². The molecule has 1 atom stereocenters. The summed E-state index contributed by atoms with van der Waals surface area (Å²) in [7, 11) is 0. The zero-order valence-corrected chi connectivity index (χ0v) is 23.0. The van der Waals surface area contributed by atoms with Crippen LogP contribution >= 0.6 is 0 Å². The molecule has 0 aromatic rings. The van der Waals surface area contributed by atoms with E-state index in [1.54, 1.807) is 0 Å². The van der Waals surface area contributed by atoms with E-state index in [1.165, 1.54) is 135 Å². The van der Waals surface area contributed by atoms with E-state index in [0.29, 0.717) is 5.78 Å². The number of carbonyl (C=O) groups excluding carboxylic acids is 1. The normalized spacial score (nSPS) is 12.3. The molecule has 0 bridgehead atoms. The number of carbonyl (C=O) groups is 1. The average Bonchev–Trinajstić information content (AvgIpc) is 2.81. The largest absolute Gasteiger partial charge is 0.393 e. The Bertz CT molecular complexity index is 379. The van der Waals surface area contributed by atoms with Crippen molar-refractivity contribution < 1.29 is 9.90 Å². The standard InChI is InChI=1S/C31H62O2/c1-3-5-7-19-23-27-31(33)29-25-21-18-16-14-12-10-8-9-11-13-15-17-20-24-28-30(32)26-22-6-4-2/h31,33H,3-29H2,1-2H3/t31-/m0/s1. The minimum absolute atomic E-state index is 0.0452. The lowest BCUT2D eigenvalue weighted by atomic mass is 10.0. The van der Waals surface area contributed by atoms with E-state index in [2.05, 4.69) is 13.8 Å². The van der Waals surface area contributed by atoms with E-state index in [1.807, 2.05) is 0 Å². The third kappa shape index (κ3) is 27.8. The number of aliphatic hydroxyl groups excluding tert-OH is 1. The highest BCUT2D eigenvalue weighted by Gasteiger charge is 2.04. The maximum atomic E-state index is 11.7. The summed E-state index contributed by atoms with van der Waals surface area (Å²) in [5, 5.41) is 10.1. The minimum Gasteiger partial charge on any atom is -0.393 e. The summed E-state index contributed by atoms with van der Waals surface area (Å²) in [6.45, 7) is 4.45. The van der Waals surface area contributed by atoms with Crippen LogP contribution in [0.1, 0.15) is 187 Å². The number of ketones is 1. The number of aliphatic hydroxyl groups is 1. The molecule has 0 fully saturated rings. The van der Waals surface area contributed by atoms with Gasteiger partial charge in [0.2, 0.25) is 0 Å². The van der Waals surface area contributed by atoms with Crippen molar-refractivity contribution in [2.45, 2.75) is 193 Å². The SMILES string of the molecule is CCCCCCC[C@H](O)CCCCCCCCCCCCCCCCCC(=O)CCCCC. The van der Waals surface area contributed by atoms with E-state index in [4.69, 9.17) is 0 Å². The quantitative estimate of drug-likeness (QED) is 0.116. The molecule has 0 aliphatic rings. The van der Waals surface area contributed by atoms with Crippen LogP contribution in [-0.4, -0.2) is 17.0 Å². The molecule has 2 nitrogen and oxygen atoms in total. The Morgan fingerprint density at radius 1 is 0.455 bits per heavy atom. The highest BCUT2D eigenvalue weighted by Crippen LogP contribution is 2.16. The van der Waals surface area contributed by atoms with Crippen molar-refractivity contribution in [3.05, 3.63) is 0 Å². The molecule has 0 spiro atoms. The molecule has 0 aliphatic carbocycles. The van der Waals surface area contributed by atoms with Gasteiger partial charge < -0.3 is 5.11 Å². The van der Waals surface area contributed by atoms with Gasteiger partial charge in [-0.15, -0.1) is 0 Å². The van der Waals surface area contributed by atoms with Gasteiger partial charge in [0.25, 0.3) is 0 Å². The van der Waals surface area contributed by atoms with Crippen LogP contribution in [0, 0.1) is 0 Å². The van der Waals surface area contributed by atoms with Gasteiger partial charge in [-0.2, -0.15) is 0 Å². The summed E-state index contributed by atoms with van der Waals surface area (Å²) < 4.78 is 0. The average molecular weight is 467 g/mol. The molecule has 0 rings (SSSR count). The topological polar surface area (TPSA) is 37.3 Å². The van der Waals surface area contributed by atoms with Crippen LogP contribution in [0.2, 0.25) is 0 Å². The highest BCUT2D eigenvalue weighted by atomic mass is 16.3. The van der Waals surface area contributed by atoms with E-state index in [9.17, 15) is 9.90 Å². The number of unbranched alkanes of at least 4 members (excludes halogenated alkanes) is 20. The summed E-state index contributed by atoms with van der Waals surface area (Å²) in [5.74, 6) is 0.491. The predicted molar refractivity (Wildman–Crippen MR) is 147 cm³/mol. The summed E-state index contributed by atoms with van der Waals surface area (Å²) in [5.41, 5.74) is 0. The van der Waals surface area contributed by atoms with Gasteiger partial charge in [0.15, 0.2) is 0 Å². The van der Waals surface area contributed by atoms with Crippen molar-refractivity contribution >= 4 is 5.78 Å². The van der Waals surface area contributed by atoms with Crippen LogP contribution in [0.4, 0.5) is 0 Å². The van der Waals surface area contributed by atoms with Gasteiger partial charge in [0.05, 0.1) is 6.10 Å². The zero-order valence-electron chi connectivity index (χ0n) is 23.0. The Labute approximate surface area is 209 Å². The van der Waals surface area contributed by atoms with Crippen molar-refractivity contribution in [1.82, 2.24) is 0 Å². The lowest BCUT2D eigenvalue weighted by molar-refractivity contribution is -0.119. The fraction of sp³-hybridized carbons (Fsp3) is 0.968. The number of rotatable bonds is 28. The Morgan fingerprint density at radius 3 is 1.12 bits per heavy atom. The van der Waals surface area contributed by atoms with Crippen molar-refractivity contribution in [3.8, 4) is 0 Å². The van der Waals surface area contributed by atoms with E-state index < -0.39 is 0 Å². The smallest absolute Gasteiger partial charge is 0.132 e. The lowest BCUT2D eigenvalue weighted by Crippen LogP contribution is -2.05. The van der Waals surface area contributed by atoms with Gasteiger partial charge in [-0.25, -0.2) is 0 Å². The maximum Gasteiger partial charge on any atom is 0.132 e.